The summed E-state index contributed by atoms with van der Waals surface area (Å²) in [6, 6.07) is 18.9. The SMILES string of the molecule is CC(C)n1ncc2c(C(=O)Nc3cccc(C(=O)N4CCCCC4)c3)cc(-c3ccccc3)nc21. The number of carbonyl (C=O) groups excluding carboxylic acids is 2. The molecule has 2 aromatic heterocycles. The van der Waals surface area contributed by atoms with Crippen LogP contribution in [0.2, 0.25) is 0 Å². The van der Waals surface area contributed by atoms with E-state index >= 15 is 0 Å². The molecule has 2 amide bonds. The van der Waals surface area contributed by atoms with Gasteiger partial charge < -0.3 is 10.2 Å². The van der Waals surface area contributed by atoms with E-state index in [-0.39, 0.29) is 17.9 Å². The van der Waals surface area contributed by atoms with Crippen LogP contribution in [-0.2, 0) is 0 Å². The molecule has 0 atom stereocenters. The lowest BCUT2D eigenvalue weighted by molar-refractivity contribution is 0.0724. The number of nitrogens with zero attached hydrogens (tertiary/aromatic N) is 4. The molecule has 0 bridgehead atoms. The molecule has 35 heavy (non-hydrogen) atoms. The number of hydrogen-bond acceptors (Lipinski definition) is 4. The Balaban J connectivity index is 1.49. The molecule has 0 spiro atoms. The molecule has 178 valence electrons. The van der Waals surface area contributed by atoms with E-state index in [9.17, 15) is 9.59 Å². The summed E-state index contributed by atoms with van der Waals surface area (Å²) in [7, 11) is 0. The van der Waals surface area contributed by atoms with E-state index in [0.29, 0.717) is 33.5 Å². The summed E-state index contributed by atoms with van der Waals surface area (Å²) in [4.78, 5) is 33.2. The lowest BCUT2D eigenvalue weighted by Crippen LogP contribution is -2.35. The highest BCUT2D eigenvalue weighted by Gasteiger charge is 2.21. The van der Waals surface area contributed by atoms with Gasteiger partial charge in [0.1, 0.15) is 0 Å². The summed E-state index contributed by atoms with van der Waals surface area (Å²) in [5.74, 6) is -0.253. The molecule has 7 nitrogen and oxygen atoms in total. The van der Waals surface area contributed by atoms with Gasteiger partial charge in [-0.2, -0.15) is 5.10 Å². The van der Waals surface area contributed by atoms with Crippen LogP contribution >= 0.6 is 0 Å². The molecule has 4 aromatic rings. The standard InChI is InChI=1S/C28H29N5O2/c1-19(2)33-26-24(18-29-33)23(17-25(31-26)20-10-5-3-6-11-20)27(34)30-22-13-9-12-21(16-22)28(35)32-14-7-4-8-15-32/h3,5-6,9-13,16-19H,4,7-8,14-15H2,1-2H3,(H,30,34). The van der Waals surface area contributed by atoms with Gasteiger partial charge in [-0.3, -0.25) is 9.59 Å². The number of amides is 2. The number of pyridine rings is 1. The highest BCUT2D eigenvalue weighted by Crippen LogP contribution is 2.27. The molecule has 1 fully saturated rings. The van der Waals surface area contributed by atoms with Crippen molar-refractivity contribution in [2.75, 3.05) is 18.4 Å². The second-order valence-corrected chi connectivity index (χ2v) is 9.23. The van der Waals surface area contributed by atoms with Gasteiger partial charge in [0.15, 0.2) is 5.65 Å². The average Bonchev–Trinajstić information content (AvgIpc) is 3.33. The molecule has 1 aliphatic rings. The Hall–Kier alpha value is -4.00. The molecule has 0 aliphatic carbocycles. The lowest BCUT2D eigenvalue weighted by Gasteiger charge is -2.26. The van der Waals surface area contributed by atoms with Gasteiger partial charge in [0.2, 0.25) is 0 Å². The molecule has 1 aliphatic heterocycles. The number of nitrogens with one attached hydrogen (secondary N) is 1. The molecule has 5 rings (SSSR count). The van der Waals surface area contributed by atoms with Crippen LogP contribution in [0.15, 0.2) is 66.9 Å². The summed E-state index contributed by atoms with van der Waals surface area (Å²) in [6.45, 7) is 5.64. The van der Waals surface area contributed by atoms with E-state index in [1.165, 1.54) is 6.42 Å². The van der Waals surface area contributed by atoms with Crippen molar-refractivity contribution < 1.29 is 9.59 Å². The number of anilines is 1. The van der Waals surface area contributed by atoms with Gasteiger partial charge in [-0.1, -0.05) is 36.4 Å². The summed E-state index contributed by atoms with van der Waals surface area (Å²) in [6.07, 6.45) is 4.93. The minimum absolute atomic E-state index is 0.0108. The van der Waals surface area contributed by atoms with E-state index in [1.54, 1.807) is 30.5 Å². The van der Waals surface area contributed by atoms with Crippen molar-refractivity contribution in [3.05, 3.63) is 78.0 Å². The van der Waals surface area contributed by atoms with E-state index < -0.39 is 0 Å². The third kappa shape index (κ3) is 4.67. The normalized spacial score (nSPS) is 13.9. The van der Waals surface area contributed by atoms with E-state index in [1.807, 2.05) is 59.8 Å². The zero-order valence-electron chi connectivity index (χ0n) is 20.1. The number of carbonyl (C=O) groups is 2. The Kier molecular flexibility index (Phi) is 6.31. The first-order chi connectivity index (χ1) is 17.0. The van der Waals surface area contributed by atoms with Crippen molar-refractivity contribution >= 4 is 28.5 Å². The lowest BCUT2D eigenvalue weighted by atomic mass is 10.1. The molecule has 0 saturated carbocycles. The van der Waals surface area contributed by atoms with Crippen molar-refractivity contribution in [3.8, 4) is 11.3 Å². The maximum atomic E-state index is 13.5. The zero-order chi connectivity index (χ0) is 24.4. The van der Waals surface area contributed by atoms with Crippen LogP contribution in [0.25, 0.3) is 22.3 Å². The van der Waals surface area contributed by atoms with Crippen molar-refractivity contribution in [3.63, 3.8) is 0 Å². The van der Waals surface area contributed by atoms with Crippen molar-refractivity contribution in [1.82, 2.24) is 19.7 Å². The highest BCUT2D eigenvalue weighted by atomic mass is 16.2. The topological polar surface area (TPSA) is 80.1 Å². The number of fused-ring (bicyclic) bond motifs is 1. The zero-order valence-corrected chi connectivity index (χ0v) is 20.1. The third-order valence-corrected chi connectivity index (χ3v) is 6.38. The second kappa shape index (κ2) is 9.70. The van der Waals surface area contributed by atoms with Crippen LogP contribution < -0.4 is 5.32 Å². The molecule has 0 radical (unpaired) electrons. The van der Waals surface area contributed by atoms with Crippen LogP contribution in [0.1, 0.15) is 59.9 Å². The van der Waals surface area contributed by atoms with Gasteiger partial charge in [0, 0.05) is 35.9 Å². The van der Waals surface area contributed by atoms with Crippen LogP contribution in [0.4, 0.5) is 5.69 Å². The Labute approximate surface area is 204 Å². The number of piperidine rings is 1. The molecule has 3 heterocycles. The van der Waals surface area contributed by atoms with Crippen LogP contribution in [0.5, 0.6) is 0 Å². The quantitative estimate of drug-likeness (QED) is 0.417. The van der Waals surface area contributed by atoms with E-state index in [0.717, 1.165) is 31.5 Å². The molecule has 7 heteroatoms. The van der Waals surface area contributed by atoms with Crippen molar-refractivity contribution in [2.24, 2.45) is 0 Å². The van der Waals surface area contributed by atoms with E-state index in [2.05, 4.69) is 10.4 Å². The maximum absolute atomic E-state index is 13.5. The van der Waals surface area contributed by atoms with Crippen LogP contribution in [0, 0.1) is 0 Å². The minimum atomic E-state index is -0.263. The summed E-state index contributed by atoms with van der Waals surface area (Å²) < 4.78 is 1.83. The monoisotopic (exact) mass is 467 g/mol. The Morgan fingerprint density at radius 1 is 0.943 bits per heavy atom. The first kappa shape index (κ1) is 22.8. The van der Waals surface area contributed by atoms with Gasteiger partial charge in [-0.15, -0.1) is 0 Å². The summed E-state index contributed by atoms with van der Waals surface area (Å²) >= 11 is 0. The Morgan fingerprint density at radius 3 is 2.46 bits per heavy atom. The van der Waals surface area contributed by atoms with Crippen LogP contribution in [-0.4, -0.2) is 44.6 Å². The average molecular weight is 468 g/mol. The molecular weight excluding hydrogens is 438 g/mol. The number of benzene rings is 2. The van der Waals surface area contributed by atoms with E-state index in [4.69, 9.17) is 4.98 Å². The third-order valence-electron chi connectivity index (χ3n) is 6.38. The fourth-order valence-electron chi connectivity index (χ4n) is 4.55. The molecule has 0 unspecified atom stereocenters. The smallest absolute Gasteiger partial charge is 0.256 e. The van der Waals surface area contributed by atoms with Gasteiger partial charge >= 0.3 is 0 Å². The maximum Gasteiger partial charge on any atom is 0.256 e. The molecular formula is C28H29N5O2. The number of likely N-dealkylation sites (tertiary alicyclic amines) is 1. The van der Waals surface area contributed by atoms with Gasteiger partial charge in [-0.05, 0) is 57.4 Å². The minimum Gasteiger partial charge on any atom is -0.339 e. The summed E-state index contributed by atoms with van der Waals surface area (Å²) in [5, 5.41) is 8.18. The van der Waals surface area contributed by atoms with Crippen molar-refractivity contribution in [1.29, 1.82) is 0 Å². The first-order valence-electron chi connectivity index (χ1n) is 12.2. The van der Waals surface area contributed by atoms with Crippen LogP contribution in [0.3, 0.4) is 0 Å². The predicted molar refractivity (Wildman–Crippen MR) is 137 cm³/mol. The molecule has 1 saturated heterocycles. The number of rotatable bonds is 5. The largest absolute Gasteiger partial charge is 0.339 e. The first-order valence-corrected chi connectivity index (χ1v) is 12.2. The van der Waals surface area contributed by atoms with Gasteiger partial charge in [-0.25, -0.2) is 9.67 Å². The highest BCUT2D eigenvalue weighted by molar-refractivity contribution is 6.13. The molecule has 1 N–H and O–H groups in total. The fraction of sp³-hybridized carbons (Fsp3) is 0.286. The fourth-order valence-corrected chi connectivity index (χ4v) is 4.55. The van der Waals surface area contributed by atoms with Crippen molar-refractivity contribution in [2.45, 2.75) is 39.2 Å². The van der Waals surface area contributed by atoms with Gasteiger partial charge in [0.25, 0.3) is 11.8 Å². The summed E-state index contributed by atoms with van der Waals surface area (Å²) in [5.41, 5.74) is 3.96. The second-order valence-electron chi connectivity index (χ2n) is 9.23. The molecule has 2 aromatic carbocycles. The number of aromatic nitrogens is 3. The number of hydrogen-bond donors (Lipinski definition) is 1. The Morgan fingerprint density at radius 2 is 1.71 bits per heavy atom. The predicted octanol–water partition coefficient (Wildman–Crippen LogP) is 5.56. The Bertz CT molecular complexity index is 1370. The van der Waals surface area contributed by atoms with Gasteiger partial charge in [0.05, 0.1) is 22.8 Å².